The lowest BCUT2D eigenvalue weighted by atomic mass is 10.1. The topological polar surface area (TPSA) is 67.4 Å². The Morgan fingerprint density at radius 2 is 1.67 bits per heavy atom. The van der Waals surface area contributed by atoms with Crippen molar-refractivity contribution in [2.24, 2.45) is 0 Å². The van der Waals surface area contributed by atoms with Gasteiger partial charge in [-0.2, -0.15) is 0 Å². The zero-order valence-electron chi connectivity index (χ0n) is 14.4. The van der Waals surface area contributed by atoms with Gasteiger partial charge in [0.25, 0.3) is 5.91 Å². The summed E-state index contributed by atoms with van der Waals surface area (Å²) in [7, 11) is 1.46. The number of benzene rings is 3. The molecule has 0 aliphatic rings. The molecule has 0 bridgehead atoms. The van der Waals surface area contributed by atoms with Crippen LogP contribution in [-0.2, 0) is 4.79 Å². The largest absolute Gasteiger partial charge is 0.496 e. The Bertz CT molecular complexity index is 1020. The number of rotatable bonds is 5. The molecule has 0 unspecified atom stereocenters. The molecule has 0 heterocycles. The van der Waals surface area contributed by atoms with Crippen molar-refractivity contribution in [2.75, 3.05) is 19.0 Å². The molecule has 2 N–H and O–H groups in total. The normalized spacial score (nSPS) is 10.5. The van der Waals surface area contributed by atoms with E-state index < -0.39 is 23.4 Å². The van der Waals surface area contributed by atoms with Crippen molar-refractivity contribution >= 4 is 28.3 Å². The van der Waals surface area contributed by atoms with Gasteiger partial charge in [-0.1, -0.05) is 24.3 Å². The van der Waals surface area contributed by atoms with Gasteiger partial charge in [0.1, 0.15) is 5.75 Å². The molecule has 0 aliphatic carbocycles. The zero-order valence-corrected chi connectivity index (χ0v) is 14.4. The first-order valence-corrected chi connectivity index (χ1v) is 8.08. The molecule has 27 heavy (non-hydrogen) atoms. The number of methoxy groups -OCH3 is 1. The number of hydrogen-bond donors (Lipinski definition) is 2. The van der Waals surface area contributed by atoms with Crippen LogP contribution < -0.4 is 15.4 Å². The first-order chi connectivity index (χ1) is 13.0. The molecule has 0 spiro atoms. The number of carbonyl (C=O) groups excluding carboxylic acids is 2. The molecule has 7 heteroatoms. The number of ether oxygens (including phenoxy) is 1. The number of halogens is 2. The number of carbonyl (C=O) groups is 2. The summed E-state index contributed by atoms with van der Waals surface area (Å²) >= 11 is 0. The van der Waals surface area contributed by atoms with Gasteiger partial charge in [0.2, 0.25) is 5.91 Å². The minimum absolute atomic E-state index is 0.0939. The highest BCUT2D eigenvalue weighted by Crippen LogP contribution is 2.25. The van der Waals surface area contributed by atoms with Gasteiger partial charge in [0.05, 0.1) is 19.2 Å². The average molecular weight is 370 g/mol. The van der Waals surface area contributed by atoms with Crippen LogP contribution in [0.4, 0.5) is 14.5 Å². The Balaban J connectivity index is 1.69. The molecule has 0 saturated carbocycles. The van der Waals surface area contributed by atoms with Crippen molar-refractivity contribution in [2.45, 2.75) is 0 Å². The van der Waals surface area contributed by atoms with Crippen LogP contribution in [0.2, 0.25) is 0 Å². The smallest absolute Gasteiger partial charge is 0.255 e. The van der Waals surface area contributed by atoms with E-state index >= 15 is 0 Å². The van der Waals surface area contributed by atoms with Gasteiger partial charge in [0.15, 0.2) is 11.6 Å². The van der Waals surface area contributed by atoms with Gasteiger partial charge in [0, 0.05) is 11.8 Å². The second kappa shape index (κ2) is 7.82. The quantitative estimate of drug-likeness (QED) is 0.722. The van der Waals surface area contributed by atoms with Crippen LogP contribution in [-0.4, -0.2) is 25.5 Å². The highest BCUT2D eigenvalue weighted by atomic mass is 19.2. The van der Waals surface area contributed by atoms with Crippen molar-refractivity contribution in [3.8, 4) is 5.75 Å². The summed E-state index contributed by atoms with van der Waals surface area (Å²) in [6.07, 6.45) is 0. The van der Waals surface area contributed by atoms with E-state index in [0.29, 0.717) is 5.75 Å². The molecule has 0 aliphatic heterocycles. The van der Waals surface area contributed by atoms with Crippen LogP contribution in [0.1, 0.15) is 10.4 Å². The summed E-state index contributed by atoms with van der Waals surface area (Å²) in [5.41, 5.74) is 0.383. The molecular weight excluding hydrogens is 354 g/mol. The molecule has 0 fully saturated rings. The molecule has 2 amide bonds. The molecule has 3 aromatic carbocycles. The first-order valence-electron chi connectivity index (χ1n) is 8.08. The summed E-state index contributed by atoms with van der Waals surface area (Å²) < 4.78 is 31.3. The minimum Gasteiger partial charge on any atom is -0.496 e. The lowest BCUT2D eigenvalue weighted by molar-refractivity contribution is -0.115. The standard InChI is InChI=1S/C20H16F2N2O3/c1-27-18-9-13-5-3-2-4-12(13)8-15(18)20(26)23-11-19(25)24-14-6-7-16(21)17(22)10-14/h2-10H,11H2,1H3,(H,23,26)(H,24,25). The van der Waals surface area contributed by atoms with E-state index in [-0.39, 0.29) is 17.8 Å². The van der Waals surface area contributed by atoms with Gasteiger partial charge in [-0.15, -0.1) is 0 Å². The van der Waals surface area contributed by atoms with Gasteiger partial charge in [-0.3, -0.25) is 9.59 Å². The Labute approximate surface area is 153 Å². The third kappa shape index (κ3) is 4.20. The number of nitrogens with one attached hydrogen (secondary N) is 2. The van der Waals surface area contributed by atoms with Crippen LogP contribution in [0.3, 0.4) is 0 Å². The van der Waals surface area contributed by atoms with Crippen molar-refractivity contribution in [3.63, 3.8) is 0 Å². The lowest BCUT2D eigenvalue weighted by Gasteiger charge is -2.11. The molecule has 3 rings (SSSR count). The van der Waals surface area contributed by atoms with Crippen molar-refractivity contribution in [1.82, 2.24) is 5.32 Å². The van der Waals surface area contributed by atoms with Crippen LogP contribution in [0.5, 0.6) is 5.75 Å². The molecular formula is C20H16F2N2O3. The fraction of sp³-hybridized carbons (Fsp3) is 0.100. The lowest BCUT2D eigenvalue weighted by Crippen LogP contribution is -2.33. The number of amides is 2. The number of anilines is 1. The summed E-state index contributed by atoms with van der Waals surface area (Å²) in [6, 6.07) is 13.9. The second-order valence-corrected chi connectivity index (χ2v) is 5.76. The summed E-state index contributed by atoms with van der Waals surface area (Å²) in [5, 5.41) is 6.64. The molecule has 5 nitrogen and oxygen atoms in total. The molecule has 138 valence electrons. The van der Waals surface area contributed by atoms with Gasteiger partial charge in [-0.05, 0) is 35.0 Å². The Morgan fingerprint density at radius 3 is 2.33 bits per heavy atom. The van der Waals surface area contributed by atoms with E-state index in [2.05, 4.69) is 10.6 Å². The summed E-state index contributed by atoms with van der Waals surface area (Å²) in [5.74, 6) is -2.76. The Morgan fingerprint density at radius 1 is 0.963 bits per heavy atom. The van der Waals surface area contributed by atoms with Crippen LogP contribution in [0.15, 0.2) is 54.6 Å². The van der Waals surface area contributed by atoms with Crippen LogP contribution >= 0.6 is 0 Å². The van der Waals surface area contributed by atoms with E-state index in [9.17, 15) is 18.4 Å². The summed E-state index contributed by atoms with van der Waals surface area (Å²) in [4.78, 5) is 24.4. The van der Waals surface area contributed by atoms with Crippen molar-refractivity contribution in [3.05, 3.63) is 71.8 Å². The van der Waals surface area contributed by atoms with E-state index in [1.165, 1.54) is 13.2 Å². The van der Waals surface area contributed by atoms with Gasteiger partial charge in [-0.25, -0.2) is 8.78 Å². The predicted molar refractivity (Wildman–Crippen MR) is 97.8 cm³/mol. The van der Waals surface area contributed by atoms with Crippen molar-refractivity contribution in [1.29, 1.82) is 0 Å². The maximum atomic E-state index is 13.2. The predicted octanol–water partition coefficient (Wildman–Crippen LogP) is 3.50. The van der Waals surface area contributed by atoms with E-state index in [1.54, 1.807) is 12.1 Å². The Kier molecular flexibility index (Phi) is 5.30. The molecule has 0 saturated heterocycles. The fourth-order valence-corrected chi connectivity index (χ4v) is 2.60. The van der Waals surface area contributed by atoms with Crippen LogP contribution in [0.25, 0.3) is 10.8 Å². The molecule has 0 aromatic heterocycles. The van der Waals surface area contributed by atoms with Gasteiger partial charge >= 0.3 is 0 Å². The summed E-state index contributed by atoms with van der Waals surface area (Å²) in [6.45, 7) is -0.339. The fourth-order valence-electron chi connectivity index (χ4n) is 2.60. The molecule has 0 atom stereocenters. The van der Waals surface area contributed by atoms with E-state index in [1.807, 2.05) is 24.3 Å². The zero-order chi connectivity index (χ0) is 19.4. The van der Waals surface area contributed by atoms with Crippen molar-refractivity contribution < 1.29 is 23.1 Å². The number of hydrogen-bond acceptors (Lipinski definition) is 3. The van der Waals surface area contributed by atoms with E-state index in [0.717, 1.165) is 22.9 Å². The first kappa shape index (κ1) is 18.3. The third-order valence-electron chi connectivity index (χ3n) is 3.93. The number of fused-ring (bicyclic) bond motifs is 1. The Hall–Kier alpha value is -3.48. The molecule has 0 radical (unpaired) electrons. The second-order valence-electron chi connectivity index (χ2n) is 5.76. The van der Waals surface area contributed by atoms with Crippen LogP contribution in [0, 0.1) is 11.6 Å². The van der Waals surface area contributed by atoms with Gasteiger partial charge < -0.3 is 15.4 Å². The third-order valence-corrected chi connectivity index (χ3v) is 3.93. The average Bonchev–Trinajstić information content (AvgIpc) is 2.67. The maximum Gasteiger partial charge on any atom is 0.255 e. The monoisotopic (exact) mass is 370 g/mol. The maximum absolute atomic E-state index is 13.2. The highest BCUT2D eigenvalue weighted by molar-refractivity contribution is 6.03. The van der Waals surface area contributed by atoms with E-state index in [4.69, 9.17) is 4.74 Å². The minimum atomic E-state index is -1.07. The SMILES string of the molecule is COc1cc2ccccc2cc1C(=O)NCC(=O)Nc1ccc(F)c(F)c1. The highest BCUT2D eigenvalue weighted by Gasteiger charge is 2.15. The molecule has 3 aromatic rings.